The van der Waals surface area contributed by atoms with E-state index in [1.54, 1.807) is 12.4 Å². The van der Waals surface area contributed by atoms with E-state index >= 15 is 0 Å². The summed E-state index contributed by atoms with van der Waals surface area (Å²) >= 11 is 0. The van der Waals surface area contributed by atoms with Crippen molar-refractivity contribution in [3.8, 4) is 0 Å². The highest BCUT2D eigenvalue weighted by Gasteiger charge is 2.26. The highest BCUT2D eigenvalue weighted by Crippen LogP contribution is 2.32. The number of hydrogen-bond donors (Lipinski definition) is 1. The number of rotatable bonds is 2. The largest absolute Gasteiger partial charge is 0.481 e. The zero-order valence-corrected chi connectivity index (χ0v) is 12.0. The van der Waals surface area contributed by atoms with Gasteiger partial charge in [0, 0.05) is 36.6 Å². The maximum absolute atomic E-state index is 11.3. The molecule has 4 heterocycles. The molecule has 6 heteroatoms. The molecule has 0 saturated carbocycles. The monoisotopic (exact) mass is 296 g/mol. The van der Waals surface area contributed by atoms with Crippen LogP contribution in [0.1, 0.15) is 12.8 Å². The van der Waals surface area contributed by atoms with Gasteiger partial charge < -0.3 is 10.0 Å². The molecule has 1 saturated heterocycles. The Morgan fingerprint density at radius 1 is 1.27 bits per heavy atom. The summed E-state index contributed by atoms with van der Waals surface area (Å²) < 4.78 is 1.83. The van der Waals surface area contributed by atoms with Gasteiger partial charge in [0.15, 0.2) is 0 Å². The van der Waals surface area contributed by atoms with Crippen LogP contribution < -0.4 is 4.90 Å². The van der Waals surface area contributed by atoms with Gasteiger partial charge in [-0.1, -0.05) is 0 Å². The molecule has 0 amide bonds. The van der Waals surface area contributed by atoms with Crippen LogP contribution in [0.3, 0.4) is 0 Å². The summed E-state index contributed by atoms with van der Waals surface area (Å²) in [4.78, 5) is 17.9. The van der Waals surface area contributed by atoms with E-state index in [0.29, 0.717) is 6.54 Å². The molecule has 0 spiro atoms. The molecule has 112 valence electrons. The zero-order valence-electron chi connectivity index (χ0n) is 12.0. The highest BCUT2D eigenvalue weighted by molar-refractivity contribution is 6.03. The summed E-state index contributed by atoms with van der Waals surface area (Å²) in [6.07, 6.45) is 7.08. The Morgan fingerprint density at radius 3 is 3.05 bits per heavy atom. The van der Waals surface area contributed by atoms with E-state index in [2.05, 4.69) is 15.0 Å². The maximum atomic E-state index is 11.3. The fourth-order valence-corrected chi connectivity index (χ4v) is 3.29. The van der Waals surface area contributed by atoms with Crippen LogP contribution in [0.4, 0.5) is 5.69 Å². The van der Waals surface area contributed by atoms with Crippen LogP contribution >= 0.6 is 0 Å². The lowest BCUT2D eigenvalue weighted by Gasteiger charge is -2.33. The number of pyridine rings is 2. The predicted octanol–water partition coefficient (Wildman–Crippen LogP) is 2.18. The van der Waals surface area contributed by atoms with Crippen molar-refractivity contribution in [1.82, 2.24) is 14.6 Å². The Hall–Kier alpha value is -2.63. The fourth-order valence-electron chi connectivity index (χ4n) is 3.29. The maximum Gasteiger partial charge on any atom is 0.308 e. The number of aromatic nitrogens is 3. The van der Waals surface area contributed by atoms with Crippen molar-refractivity contribution < 1.29 is 9.90 Å². The minimum absolute atomic E-state index is 0.304. The van der Waals surface area contributed by atoms with Crippen molar-refractivity contribution in [3.63, 3.8) is 0 Å². The predicted molar refractivity (Wildman–Crippen MR) is 83.1 cm³/mol. The van der Waals surface area contributed by atoms with Gasteiger partial charge in [0.05, 0.1) is 23.1 Å². The van der Waals surface area contributed by atoms with Gasteiger partial charge in [-0.15, -0.1) is 0 Å². The SMILES string of the molecule is O=C(O)C1CCCN(c2ccnc3ccn4nccc4c23)C1. The highest BCUT2D eigenvalue weighted by atomic mass is 16.4. The summed E-state index contributed by atoms with van der Waals surface area (Å²) in [6.45, 7) is 1.42. The van der Waals surface area contributed by atoms with Crippen LogP contribution in [0.5, 0.6) is 0 Å². The number of hydrogen-bond acceptors (Lipinski definition) is 4. The first-order valence-corrected chi connectivity index (χ1v) is 7.43. The molecule has 1 fully saturated rings. The molecule has 0 radical (unpaired) electrons. The van der Waals surface area contributed by atoms with E-state index < -0.39 is 5.97 Å². The van der Waals surface area contributed by atoms with Crippen molar-refractivity contribution in [1.29, 1.82) is 0 Å². The van der Waals surface area contributed by atoms with Gasteiger partial charge in [-0.2, -0.15) is 5.10 Å². The Labute approximate surface area is 127 Å². The Kier molecular flexibility index (Phi) is 2.96. The third-order valence-corrected chi connectivity index (χ3v) is 4.37. The van der Waals surface area contributed by atoms with Crippen molar-refractivity contribution in [3.05, 3.63) is 36.8 Å². The summed E-state index contributed by atoms with van der Waals surface area (Å²) in [6, 6.07) is 5.88. The second kappa shape index (κ2) is 4.98. The van der Waals surface area contributed by atoms with Crippen molar-refractivity contribution >= 4 is 28.1 Å². The molecule has 1 aliphatic rings. The average Bonchev–Trinajstić information content (AvgIpc) is 3.03. The van der Waals surface area contributed by atoms with Crippen LogP contribution in [0.25, 0.3) is 16.4 Å². The minimum atomic E-state index is -0.711. The molecule has 1 atom stereocenters. The zero-order chi connectivity index (χ0) is 15.1. The Morgan fingerprint density at radius 2 is 2.18 bits per heavy atom. The lowest BCUT2D eigenvalue weighted by atomic mass is 9.97. The van der Waals surface area contributed by atoms with E-state index in [1.165, 1.54) is 0 Å². The number of nitrogens with zero attached hydrogens (tertiary/aromatic N) is 4. The van der Waals surface area contributed by atoms with Crippen LogP contribution in [0, 0.1) is 5.92 Å². The molecule has 1 aliphatic heterocycles. The molecular weight excluding hydrogens is 280 g/mol. The molecule has 1 unspecified atom stereocenters. The second-order valence-electron chi connectivity index (χ2n) is 5.69. The Balaban J connectivity index is 1.87. The van der Waals surface area contributed by atoms with E-state index in [9.17, 15) is 9.90 Å². The molecule has 3 aromatic heterocycles. The van der Waals surface area contributed by atoms with Crippen LogP contribution in [0.15, 0.2) is 36.8 Å². The first-order chi connectivity index (χ1) is 10.7. The third-order valence-electron chi connectivity index (χ3n) is 4.37. The van der Waals surface area contributed by atoms with Gasteiger partial charge in [0.2, 0.25) is 0 Å². The topological polar surface area (TPSA) is 70.7 Å². The van der Waals surface area contributed by atoms with Crippen molar-refractivity contribution in [2.24, 2.45) is 5.92 Å². The molecule has 6 nitrogen and oxygen atoms in total. The summed E-state index contributed by atoms with van der Waals surface area (Å²) in [7, 11) is 0. The fraction of sp³-hybridized carbons (Fsp3) is 0.312. The van der Waals surface area contributed by atoms with Gasteiger partial charge >= 0.3 is 5.97 Å². The number of fused-ring (bicyclic) bond motifs is 3. The molecule has 4 rings (SSSR count). The normalized spacial score (nSPS) is 18.9. The smallest absolute Gasteiger partial charge is 0.308 e. The second-order valence-corrected chi connectivity index (χ2v) is 5.69. The number of aliphatic carboxylic acids is 1. The number of piperidine rings is 1. The van der Waals surface area contributed by atoms with Crippen molar-refractivity contribution in [2.75, 3.05) is 18.0 Å². The van der Waals surface area contributed by atoms with Crippen LogP contribution in [-0.2, 0) is 4.79 Å². The molecule has 0 aliphatic carbocycles. The first-order valence-electron chi connectivity index (χ1n) is 7.43. The molecule has 0 bridgehead atoms. The summed E-state index contributed by atoms with van der Waals surface area (Å²) in [5.74, 6) is -1.01. The molecule has 22 heavy (non-hydrogen) atoms. The van der Waals surface area contributed by atoms with E-state index in [-0.39, 0.29) is 5.92 Å². The molecule has 0 aromatic carbocycles. The lowest BCUT2D eigenvalue weighted by molar-refractivity contribution is -0.141. The molecular formula is C16H16N4O2. The van der Waals surface area contributed by atoms with Crippen molar-refractivity contribution in [2.45, 2.75) is 12.8 Å². The van der Waals surface area contributed by atoms with Gasteiger partial charge in [-0.05, 0) is 31.0 Å². The number of carboxylic acids is 1. The van der Waals surface area contributed by atoms with Crippen LogP contribution in [0.2, 0.25) is 0 Å². The number of carboxylic acid groups (broad SMARTS) is 1. The summed E-state index contributed by atoms with van der Waals surface area (Å²) in [5.41, 5.74) is 2.95. The third kappa shape index (κ3) is 1.99. The lowest BCUT2D eigenvalue weighted by Crippen LogP contribution is -2.38. The number of carbonyl (C=O) groups is 1. The van der Waals surface area contributed by atoms with E-state index in [4.69, 9.17) is 0 Å². The minimum Gasteiger partial charge on any atom is -0.481 e. The quantitative estimate of drug-likeness (QED) is 0.785. The van der Waals surface area contributed by atoms with Gasteiger partial charge in [-0.25, -0.2) is 4.52 Å². The van der Waals surface area contributed by atoms with Crippen LogP contribution in [-0.4, -0.2) is 38.8 Å². The van der Waals surface area contributed by atoms with E-state index in [1.807, 2.05) is 28.9 Å². The van der Waals surface area contributed by atoms with Gasteiger partial charge in [0.25, 0.3) is 0 Å². The first kappa shape index (κ1) is 13.1. The summed E-state index contributed by atoms with van der Waals surface area (Å²) in [5, 5.41) is 14.6. The Bertz CT molecular complexity index is 858. The van der Waals surface area contributed by atoms with E-state index in [0.717, 1.165) is 41.5 Å². The standard InChI is InChI=1S/C16H16N4O2/c21-16(22)11-2-1-8-19(10-11)13-3-6-17-12-5-9-20-14(15(12)13)4-7-18-20/h3-7,9,11H,1-2,8,10H2,(H,21,22). The molecule has 3 aromatic rings. The number of anilines is 1. The van der Waals surface area contributed by atoms with Gasteiger partial charge in [-0.3, -0.25) is 9.78 Å². The average molecular weight is 296 g/mol. The van der Waals surface area contributed by atoms with Gasteiger partial charge in [0.1, 0.15) is 0 Å². The molecule has 1 N–H and O–H groups in total.